The number of nitrogens with one attached hydrogen (secondary N) is 2. The van der Waals surface area contributed by atoms with E-state index in [0.29, 0.717) is 16.6 Å². The first kappa shape index (κ1) is 31.8. The number of carbonyl (C=O) groups is 2. The van der Waals surface area contributed by atoms with Crippen LogP contribution in [0.1, 0.15) is 68.7 Å². The lowest BCUT2D eigenvalue weighted by atomic mass is 10.2. The molecule has 0 saturated carbocycles. The smallest absolute Gasteiger partial charge is 0.230 e. The highest BCUT2D eigenvalue weighted by molar-refractivity contribution is 6.90. The SMILES string of the molecule is CC[Si](C#CCNC(=O)C[C@H](N=[N+]=[N-])C(=O)NCC#C[Si](C(C)C)(C(C)C)C(C)C)(CC)CC. The van der Waals surface area contributed by atoms with Gasteiger partial charge in [-0.1, -0.05) is 79.3 Å². The lowest BCUT2D eigenvalue weighted by Crippen LogP contribution is -2.43. The minimum Gasteiger partial charge on any atom is -0.345 e. The molecule has 0 aliphatic rings. The monoisotopic (exact) mass is 503 g/mol. The molecular formula is C25H45N5O2Si2. The van der Waals surface area contributed by atoms with Gasteiger partial charge in [0.15, 0.2) is 0 Å². The molecule has 190 valence electrons. The van der Waals surface area contributed by atoms with Crippen LogP contribution in [0.2, 0.25) is 34.8 Å². The van der Waals surface area contributed by atoms with Crippen LogP contribution in [0.15, 0.2) is 5.11 Å². The first-order chi connectivity index (χ1) is 16.0. The van der Waals surface area contributed by atoms with Gasteiger partial charge in [-0.25, -0.2) is 0 Å². The number of hydrogen-bond donors (Lipinski definition) is 2. The Hall–Kier alpha value is -2.20. The van der Waals surface area contributed by atoms with Crippen molar-refractivity contribution in [3.8, 4) is 22.9 Å². The van der Waals surface area contributed by atoms with Crippen LogP contribution in [0.3, 0.4) is 0 Å². The van der Waals surface area contributed by atoms with Gasteiger partial charge >= 0.3 is 0 Å². The number of azide groups is 1. The topological polar surface area (TPSA) is 107 Å². The summed E-state index contributed by atoms with van der Waals surface area (Å²) in [4.78, 5) is 27.6. The van der Waals surface area contributed by atoms with Crippen molar-refractivity contribution >= 4 is 28.0 Å². The molecule has 34 heavy (non-hydrogen) atoms. The van der Waals surface area contributed by atoms with E-state index >= 15 is 0 Å². The van der Waals surface area contributed by atoms with Gasteiger partial charge in [0.1, 0.15) is 22.2 Å². The lowest BCUT2D eigenvalue weighted by Gasteiger charge is -2.38. The van der Waals surface area contributed by atoms with Gasteiger partial charge in [-0.2, -0.15) is 0 Å². The van der Waals surface area contributed by atoms with Crippen molar-refractivity contribution in [1.82, 2.24) is 10.6 Å². The second-order valence-corrected chi connectivity index (χ2v) is 20.3. The largest absolute Gasteiger partial charge is 0.345 e. The molecule has 7 nitrogen and oxygen atoms in total. The Bertz CT molecular complexity index is 809. The molecule has 9 heteroatoms. The van der Waals surface area contributed by atoms with E-state index in [4.69, 9.17) is 5.53 Å². The summed E-state index contributed by atoms with van der Waals surface area (Å²) in [6.45, 7) is 20.3. The molecule has 0 aliphatic heterocycles. The van der Waals surface area contributed by atoms with Crippen molar-refractivity contribution < 1.29 is 9.59 Å². The van der Waals surface area contributed by atoms with Crippen molar-refractivity contribution in [2.24, 2.45) is 5.11 Å². The fourth-order valence-electron chi connectivity index (χ4n) is 4.77. The van der Waals surface area contributed by atoms with E-state index in [1.807, 2.05) is 0 Å². The van der Waals surface area contributed by atoms with Crippen LogP contribution in [0.5, 0.6) is 0 Å². The molecule has 0 aromatic rings. The highest BCUT2D eigenvalue weighted by Gasteiger charge is 2.41. The van der Waals surface area contributed by atoms with Gasteiger partial charge in [0, 0.05) is 11.3 Å². The van der Waals surface area contributed by atoms with E-state index in [1.165, 1.54) is 0 Å². The van der Waals surface area contributed by atoms with Crippen LogP contribution in [0, 0.1) is 22.9 Å². The van der Waals surface area contributed by atoms with Gasteiger partial charge in [-0.15, -0.1) is 11.1 Å². The highest BCUT2D eigenvalue weighted by atomic mass is 28.3. The fraction of sp³-hybridized carbons (Fsp3) is 0.760. The first-order valence-corrected chi connectivity index (χ1v) is 17.4. The van der Waals surface area contributed by atoms with Gasteiger partial charge in [-0.3, -0.25) is 9.59 Å². The van der Waals surface area contributed by atoms with Gasteiger partial charge in [0.05, 0.1) is 13.1 Å². The zero-order valence-electron chi connectivity index (χ0n) is 22.7. The summed E-state index contributed by atoms with van der Waals surface area (Å²) in [5, 5.41) is 8.96. The number of carbonyl (C=O) groups excluding carboxylic acids is 2. The van der Waals surface area contributed by atoms with Gasteiger partial charge < -0.3 is 10.6 Å². The van der Waals surface area contributed by atoms with Crippen LogP contribution >= 0.6 is 0 Å². The maximum absolute atomic E-state index is 12.5. The summed E-state index contributed by atoms with van der Waals surface area (Å²) < 4.78 is 0. The Morgan fingerprint density at radius 2 is 1.32 bits per heavy atom. The zero-order chi connectivity index (χ0) is 26.4. The molecule has 0 radical (unpaired) electrons. The second-order valence-electron chi connectivity index (χ2n) is 9.76. The summed E-state index contributed by atoms with van der Waals surface area (Å²) in [6.07, 6.45) is -0.217. The van der Waals surface area contributed by atoms with Crippen molar-refractivity contribution in [3.05, 3.63) is 10.4 Å². The van der Waals surface area contributed by atoms with Gasteiger partial charge in [0.2, 0.25) is 11.8 Å². The molecule has 2 N–H and O–H groups in total. The Labute approximate surface area is 209 Å². The quantitative estimate of drug-likeness (QED) is 0.120. The normalized spacial score (nSPS) is 12.2. The standard InChI is InChI=1S/C25H45N5O2Si2/c1-10-33(11-2,12-3)17-13-15-27-24(31)19-23(29-30-26)25(32)28-16-14-18-34(20(4)5,21(6)7)22(8)9/h20-23H,10-12,15-16,19H2,1-9H3,(H,27,31)(H,28,32)/t23-/m0/s1. The molecule has 0 rings (SSSR count). The third kappa shape index (κ3) is 9.21. The molecule has 0 heterocycles. The molecule has 2 amide bonds. The Balaban J connectivity index is 5.08. The molecule has 0 saturated heterocycles. The molecule has 0 bridgehead atoms. The summed E-state index contributed by atoms with van der Waals surface area (Å²) in [5.41, 5.74) is 17.3. The van der Waals surface area contributed by atoms with Gasteiger partial charge in [0.25, 0.3) is 0 Å². The van der Waals surface area contributed by atoms with E-state index in [-0.39, 0.29) is 25.4 Å². The zero-order valence-corrected chi connectivity index (χ0v) is 24.7. The first-order valence-electron chi connectivity index (χ1n) is 12.5. The van der Waals surface area contributed by atoms with E-state index in [1.54, 1.807) is 0 Å². The highest BCUT2D eigenvalue weighted by Crippen LogP contribution is 2.40. The molecule has 0 aromatic carbocycles. The van der Waals surface area contributed by atoms with Crippen LogP contribution in [-0.2, 0) is 9.59 Å². The molecule has 0 unspecified atom stereocenters. The van der Waals surface area contributed by atoms with E-state index in [9.17, 15) is 9.59 Å². The molecule has 1 atom stereocenters. The number of nitrogens with zero attached hydrogens (tertiary/aromatic N) is 3. The van der Waals surface area contributed by atoms with Crippen molar-refractivity contribution in [2.45, 2.75) is 110 Å². The maximum Gasteiger partial charge on any atom is 0.230 e. The van der Waals surface area contributed by atoms with E-state index in [2.05, 4.69) is 106 Å². The Kier molecular flexibility index (Phi) is 14.6. The number of hydrogen-bond acceptors (Lipinski definition) is 3. The average Bonchev–Trinajstić information content (AvgIpc) is 2.78. The van der Waals surface area contributed by atoms with E-state index in [0.717, 1.165) is 18.1 Å². The van der Waals surface area contributed by atoms with Crippen LogP contribution < -0.4 is 10.6 Å². The number of amides is 2. The summed E-state index contributed by atoms with van der Waals surface area (Å²) >= 11 is 0. The predicted molar refractivity (Wildman–Crippen MR) is 147 cm³/mol. The molecular weight excluding hydrogens is 458 g/mol. The third-order valence-corrected chi connectivity index (χ3v) is 18.3. The third-order valence-electron chi connectivity index (χ3n) is 7.15. The van der Waals surface area contributed by atoms with E-state index < -0.39 is 28.1 Å². The van der Waals surface area contributed by atoms with Crippen LogP contribution in [-0.4, -0.2) is 47.1 Å². The number of rotatable bonds is 12. The molecule has 0 fully saturated rings. The predicted octanol–water partition coefficient (Wildman–Crippen LogP) is 5.56. The van der Waals surface area contributed by atoms with Crippen LogP contribution in [0.4, 0.5) is 0 Å². The minimum atomic E-state index is -1.88. The lowest BCUT2D eigenvalue weighted by molar-refractivity contribution is -0.127. The average molecular weight is 504 g/mol. The minimum absolute atomic E-state index is 0.169. The molecule has 0 aliphatic carbocycles. The van der Waals surface area contributed by atoms with Crippen molar-refractivity contribution in [1.29, 1.82) is 0 Å². The second kappa shape index (κ2) is 15.7. The van der Waals surface area contributed by atoms with Gasteiger partial charge in [-0.05, 0) is 40.3 Å². The maximum atomic E-state index is 12.5. The molecule has 0 aromatic heterocycles. The Morgan fingerprint density at radius 3 is 1.76 bits per heavy atom. The Morgan fingerprint density at radius 1 is 0.853 bits per heavy atom. The van der Waals surface area contributed by atoms with Crippen molar-refractivity contribution in [3.63, 3.8) is 0 Å². The summed E-state index contributed by atoms with van der Waals surface area (Å²) in [6, 6.07) is 2.17. The summed E-state index contributed by atoms with van der Waals surface area (Å²) in [5.74, 6) is 5.39. The van der Waals surface area contributed by atoms with Crippen LogP contribution in [0.25, 0.3) is 10.4 Å². The fourth-order valence-corrected chi connectivity index (χ4v) is 12.5. The van der Waals surface area contributed by atoms with Crippen molar-refractivity contribution in [2.75, 3.05) is 13.1 Å². The molecule has 0 spiro atoms. The summed E-state index contributed by atoms with van der Waals surface area (Å²) in [7, 11) is -3.44.